The van der Waals surface area contributed by atoms with Crippen LogP contribution >= 0.6 is 0 Å². The van der Waals surface area contributed by atoms with Crippen LogP contribution < -0.4 is 0 Å². The molecule has 0 saturated carbocycles. The number of nitrogens with zero attached hydrogens (tertiary/aromatic N) is 4. The zero-order valence-electron chi connectivity index (χ0n) is 21.1. The fourth-order valence-electron chi connectivity index (χ4n) is 4.91. The monoisotopic (exact) mass is 520 g/mol. The molecule has 8 heteroatoms. The van der Waals surface area contributed by atoms with Crippen LogP contribution in [-0.4, -0.2) is 50.6 Å². The lowest BCUT2D eigenvalue weighted by Crippen LogP contribution is -2.45. The number of imidazole rings is 1. The maximum Gasteiger partial charge on any atom is 0.416 e. The highest BCUT2D eigenvalue weighted by molar-refractivity contribution is 5.64. The van der Waals surface area contributed by atoms with E-state index in [1.807, 2.05) is 36.5 Å². The molecule has 5 nitrogen and oxygen atoms in total. The van der Waals surface area contributed by atoms with E-state index in [1.165, 1.54) is 17.7 Å². The minimum Gasteiger partial charge on any atom is -0.388 e. The molecule has 1 aliphatic heterocycles. The molecule has 198 valence electrons. The third-order valence-electron chi connectivity index (χ3n) is 7.10. The molecular formula is C30H31F3N4O. The summed E-state index contributed by atoms with van der Waals surface area (Å²) in [5, 5.41) is 9.88. The van der Waals surface area contributed by atoms with E-state index in [-0.39, 0.29) is 6.61 Å². The van der Waals surface area contributed by atoms with Crippen molar-refractivity contribution in [3.63, 3.8) is 0 Å². The summed E-state index contributed by atoms with van der Waals surface area (Å²) in [7, 11) is 0. The van der Waals surface area contributed by atoms with Gasteiger partial charge < -0.3 is 9.67 Å². The number of hydrogen-bond donors (Lipinski definition) is 1. The topological polar surface area (TPSA) is 44.5 Å². The number of piperazine rings is 1. The van der Waals surface area contributed by atoms with Crippen molar-refractivity contribution in [1.29, 1.82) is 0 Å². The van der Waals surface area contributed by atoms with Crippen LogP contribution in [0.3, 0.4) is 0 Å². The summed E-state index contributed by atoms with van der Waals surface area (Å²) in [5.74, 6) is 0.620. The van der Waals surface area contributed by atoms with Crippen molar-refractivity contribution >= 4 is 0 Å². The average Bonchev–Trinajstić information content (AvgIpc) is 3.31. The van der Waals surface area contributed by atoms with E-state index < -0.39 is 11.7 Å². The molecule has 0 atom stereocenters. The van der Waals surface area contributed by atoms with Crippen LogP contribution in [0.2, 0.25) is 0 Å². The highest BCUT2D eigenvalue weighted by Crippen LogP contribution is 2.31. The Balaban J connectivity index is 1.22. The van der Waals surface area contributed by atoms with Gasteiger partial charge in [0, 0.05) is 52.0 Å². The highest BCUT2D eigenvalue weighted by atomic mass is 19.4. The fraction of sp³-hybridized carbons (Fsp3) is 0.300. The van der Waals surface area contributed by atoms with E-state index >= 15 is 0 Å². The molecule has 0 amide bonds. The lowest BCUT2D eigenvalue weighted by Gasteiger charge is -2.34. The van der Waals surface area contributed by atoms with E-state index in [4.69, 9.17) is 0 Å². The number of aromatic nitrogens is 2. The second kappa shape index (κ2) is 11.5. The lowest BCUT2D eigenvalue weighted by atomic mass is 10.0. The Morgan fingerprint density at radius 1 is 0.684 bits per heavy atom. The van der Waals surface area contributed by atoms with E-state index in [9.17, 15) is 18.3 Å². The van der Waals surface area contributed by atoms with Crippen LogP contribution in [0, 0.1) is 0 Å². The third-order valence-corrected chi connectivity index (χ3v) is 7.10. The van der Waals surface area contributed by atoms with Crippen molar-refractivity contribution in [1.82, 2.24) is 19.4 Å². The van der Waals surface area contributed by atoms with Gasteiger partial charge in [-0.05, 0) is 34.4 Å². The van der Waals surface area contributed by atoms with Crippen LogP contribution in [0.1, 0.15) is 28.2 Å². The highest BCUT2D eigenvalue weighted by Gasteiger charge is 2.30. The first kappa shape index (κ1) is 26.2. The van der Waals surface area contributed by atoms with Crippen LogP contribution in [0.25, 0.3) is 11.1 Å². The maximum atomic E-state index is 12.9. The van der Waals surface area contributed by atoms with Crippen molar-refractivity contribution in [3.8, 4) is 11.1 Å². The second-order valence-corrected chi connectivity index (χ2v) is 9.72. The smallest absolute Gasteiger partial charge is 0.388 e. The average molecular weight is 521 g/mol. The van der Waals surface area contributed by atoms with Crippen molar-refractivity contribution in [2.24, 2.45) is 0 Å². The molecule has 1 aromatic heterocycles. The van der Waals surface area contributed by atoms with E-state index in [1.54, 1.807) is 0 Å². The predicted molar refractivity (Wildman–Crippen MR) is 141 cm³/mol. The molecule has 5 rings (SSSR count). The van der Waals surface area contributed by atoms with E-state index in [0.29, 0.717) is 12.4 Å². The summed E-state index contributed by atoms with van der Waals surface area (Å²) < 4.78 is 40.7. The Bertz CT molecular complexity index is 1310. The van der Waals surface area contributed by atoms with Crippen molar-refractivity contribution in [3.05, 3.63) is 113 Å². The number of rotatable bonds is 8. The molecule has 0 aliphatic carbocycles. The molecule has 0 spiro atoms. The number of alkyl halides is 3. The SMILES string of the molecule is OCc1ncc(CN2CCN(Cc3ccccc3)CC2)n1Cc1ccc(-c2ccc(C(F)(F)F)cc2)cc1. The Kier molecular flexibility index (Phi) is 7.93. The number of aliphatic hydroxyl groups excluding tert-OH is 1. The van der Waals surface area contributed by atoms with Gasteiger partial charge in [0.1, 0.15) is 12.4 Å². The number of halogens is 3. The van der Waals surface area contributed by atoms with Gasteiger partial charge in [-0.3, -0.25) is 9.80 Å². The van der Waals surface area contributed by atoms with Crippen LogP contribution in [0.15, 0.2) is 85.1 Å². The summed E-state index contributed by atoms with van der Waals surface area (Å²) in [4.78, 5) is 9.34. The number of benzene rings is 3. The molecule has 0 bridgehead atoms. The van der Waals surface area contributed by atoms with Gasteiger partial charge in [0.15, 0.2) is 0 Å². The molecule has 2 heterocycles. The van der Waals surface area contributed by atoms with Crippen LogP contribution in [0.4, 0.5) is 13.2 Å². The van der Waals surface area contributed by atoms with Gasteiger partial charge in [-0.1, -0.05) is 66.7 Å². The number of aliphatic hydroxyl groups is 1. The van der Waals surface area contributed by atoms with Gasteiger partial charge >= 0.3 is 6.18 Å². The maximum absolute atomic E-state index is 12.9. The van der Waals surface area contributed by atoms with Crippen LogP contribution in [0.5, 0.6) is 0 Å². The molecule has 4 aromatic rings. The molecule has 1 N–H and O–H groups in total. The molecule has 0 radical (unpaired) electrons. The van der Waals surface area contributed by atoms with Gasteiger partial charge in [-0.2, -0.15) is 13.2 Å². The standard InChI is InChI=1S/C30H31F3N4O/c31-30(32,33)27-12-10-26(11-13-27)25-8-6-24(7-9-25)20-37-28(18-34-29(37)22-38)21-36-16-14-35(15-17-36)19-23-4-2-1-3-5-23/h1-13,18,38H,14-17,19-22H2. The zero-order chi connectivity index (χ0) is 26.5. The molecule has 1 saturated heterocycles. The van der Waals surface area contributed by atoms with Crippen molar-refractivity contribution < 1.29 is 18.3 Å². The van der Waals surface area contributed by atoms with Gasteiger partial charge in [-0.15, -0.1) is 0 Å². The fourth-order valence-corrected chi connectivity index (χ4v) is 4.91. The Morgan fingerprint density at radius 2 is 1.24 bits per heavy atom. The van der Waals surface area contributed by atoms with Gasteiger partial charge in [0.05, 0.1) is 11.3 Å². The summed E-state index contributed by atoms with van der Waals surface area (Å²) >= 11 is 0. The molecule has 1 aliphatic rings. The first-order valence-corrected chi connectivity index (χ1v) is 12.8. The lowest BCUT2D eigenvalue weighted by molar-refractivity contribution is -0.137. The van der Waals surface area contributed by atoms with Crippen LogP contribution in [-0.2, 0) is 32.4 Å². The zero-order valence-corrected chi connectivity index (χ0v) is 21.1. The first-order valence-electron chi connectivity index (χ1n) is 12.8. The summed E-state index contributed by atoms with van der Waals surface area (Å²) in [6.45, 7) is 6.08. The van der Waals surface area contributed by atoms with Gasteiger partial charge in [-0.25, -0.2) is 4.98 Å². The third kappa shape index (κ3) is 6.32. The molecular weight excluding hydrogens is 489 g/mol. The Hall–Kier alpha value is -3.46. The quantitative estimate of drug-likeness (QED) is 0.337. The molecule has 1 fully saturated rings. The normalized spacial score (nSPS) is 15.2. The Morgan fingerprint density at radius 3 is 1.82 bits per heavy atom. The predicted octanol–water partition coefficient (Wildman–Crippen LogP) is 5.43. The molecule has 38 heavy (non-hydrogen) atoms. The summed E-state index contributed by atoms with van der Waals surface area (Å²) in [6, 6.07) is 23.5. The van der Waals surface area contributed by atoms with E-state index in [0.717, 1.165) is 73.8 Å². The van der Waals surface area contributed by atoms with Gasteiger partial charge in [0.2, 0.25) is 0 Å². The minimum atomic E-state index is -4.34. The van der Waals surface area contributed by atoms with Crippen molar-refractivity contribution in [2.45, 2.75) is 32.4 Å². The summed E-state index contributed by atoms with van der Waals surface area (Å²) in [5.41, 5.74) is 4.34. The summed E-state index contributed by atoms with van der Waals surface area (Å²) in [6.07, 6.45) is -2.50. The first-order chi connectivity index (χ1) is 18.4. The second-order valence-electron chi connectivity index (χ2n) is 9.72. The van der Waals surface area contributed by atoms with Crippen molar-refractivity contribution in [2.75, 3.05) is 26.2 Å². The molecule has 0 unspecified atom stereocenters. The molecule has 3 aromatic carbocycles. The minimum absolute atomic E-state index is 0.144. The largest absolute Gasteiger partial charge is 0.416 e. The Labute approximate surface area is 220 Å². The van der Waals surface area contributed by atoms with E-state index in [2.05, 4.69) is 43.6 Å². The number of hydrogen-bond acceptors (Lipinski definition) is 4. The van der Waals surface area contributed by atoms with Gasteiger partial charge in [0.25, 0.3) is 0 Å².